The number of sulfonamides is 1. The lowest BCUT2D eigenvalue weighted by Gasteiger charge is -2.11. The van der Waals surface area contributed by atoms with Crippen LogP contribution < -0.4 is 10.0 Å². The number of amides is 1. The highest BCUT2D eigenvalue weighted by molar-refractivity contribution is 7.92. The quantitative estimate of drug-likeness (QED) is 0.715. The Morgan fingerprint density at radius 1 is 1.12 bits per heavy atom. The van der Waals surface area contributed by atoms with E-state index in [1.54, 1.807) is 23.7 Å². The van der Waals surface area contributed by atoms with Gasteiger partial charge in [0.1, 0.15) is 0 Å². The fraction of sp³-hybridized carbons (Fsp3) is 0.0625. The maximum atomic E-state index is 12.5. The maximum absolute atomic E-state index is 12.5. The lowest BCUT2D eigenvalue weighted by molar-refractivity contribution is 0.102. The van der Waals surface area contributed by atoms with Crippen LogP contribution in [-0.4, -0.2) is 24.3 Å². The molecule has 3 rings (SSSR count). The van der Waals surface area contributed by atoms with E-state index in [2.05, 4.69) is 20.0 Å². The lowest BCUT2D eigenvalue weighted by atomic mass is 10.2. The van der Waals surface area contributed by atoms with Crippen LogP contribution in [0.2, 0.25) is 0 Å². The molecule has 2 heterocycles. The predicted octanol–water partition coefficient (Wildman–Crippen LogP) is 2.90. The van der Waals surface area contributed by atoms with Gasteiger partial charge in [0.05, 0.1) is 22.3 Å². The Balaban J connectivity index is 1.88. The maximum Gasteiger partial charge on any atom is 0.261 e. The van der Waals surface area contributed by atoms with Gasteiger partial charge in [-0.1, -0.05) is 17.7 Å². The number of anilines is 2. The zero-order valence-electron chi connectivity index (χ0n) is 13.1. The molecule has 7 nitrogen and oxygen atoms in total. The van der Waals surface area contributed by atoms with E-state index < -0.39 is 15.9 Å². The Kier molecular flexibility index (Phi) is 4.77. The summed E-state index contributed by atoms with van der Waals surface area (Å²) in [5.74, 6) is -0.473. The normalized spacial score (nSPS) is 11.1. The molecule has 128 valence electrons. The number of nitrogens with zero attached hydrogens (tertiary/aromatic N) is 2. The molecular weight excluding hydrogens is 360 g/mol. The van der Waals surface area contributed by atoms with Crippen LogP contribution in [0.4, 0.5) is 10.8 Å². The van der Waals surface area contributed by atoms with Crippen LogP contribution in [0.1, 0.15) is 15.9 Å². The third-order valence-corrected chi connectivity index (χ3v) is 5.36. The summed E-state index contributed by atoms with van der Waals surface area (Å²) in [6.07, 6.45) is 4.27. The molecule has 0 atom stereocenters. The molecule has 25 heavy (non-hydrogen) atoms. The number of aromatic nitrogens is 2. The third-order valence-electron chi connectivity index (χ3n) is 3.29. The van der Waals surface area contributed by atoms with Gasteiger partial charge in [-0.15, -0.1) is 11.3 Å². The first-order valence-electron chi connectivity index (χ1n) is 7.20. The molecule has 0 unspecified atom stereocenters. The average molecular weight is 374 g/mol. The van der Waals surface area contributed by atoms with Crippen LogP contribution in [0.5, 0.6) is 0 Å². The van der Waals surface area contributed by atoms with E-state index in [0.29, 0.717) is 5.13 Å². The topological polar surface area (TPSA) is 101 Å². The standard InChI is InChI=1S/C16H14N4O3S2/c1-11-2-4-12(5-3-11)25(22,23)20-14-10-17-7-6-13(14)15(21)19-16-18-8-9-24-16/h2-10,20H,1H3,(H,18,19,21). The number of rotatable bonds is 5. The van der Waals surface area contributed by atoms with Crippen molar-refractivity contribution in [2.75, 3.05) is 10.0 Å². The minimum Gasteiger partial charge on any atom is -0.298 e. The van der Waals surface area contributed by atoms with E-state index in [9.17, 15) is 13.2 Å². The van der Waals surface area contributed by atoms with Crippen LogP contribution in [0.3, 0.4) is 0 Å². The molecular formula is C16H14N4O3S2. The van der Waals surface area contributed by atoms with E-state index >= 15 is 0 Å². The second-order valence-electron chi connectivity index (χ2n) is 5.13. The smallest absolute Gasteiger partial charge is 0.261 e. The monoisotopic (exact) mass is 374 g/mol. The minimum absolute atomic E-state index is 0.0946. The summed E-state index contributed by atoms with van der Waals surface area (Å²) in [6, 6.07) is 7.85. The molecule has 2 N–H and O–H groups in total. The molecule has 0 bridgehead atoms. The van der Waals surface area contributed by atoms with Crippen LogP contribution in [-0.2, 0) is 10.0 Å². The van der Waals surface area contributed by atoms with Crippen molar-refractivity contribution in [3.63, 3.8) is 0 Å². The summed E-state index contributed by atoms with van der Waals surface area (Å²) in [7, 11) is -3.83. The Morgan fingerprint density at radius 3 is 2.56 bits per heavy atom. The number of carbonyl (C=O) groups excluding carboxylic acids is 1. The molecule has 0 fully saturated rings. The lowest BCUT2D eigenvalue weighted by Crippen LogP contribution is -2.18. The van der Waals surface area contributed by atoms with Gasteiger partial charge in [-0.25, -0.2) is 13.4 Å². The highest BCUT2D eigenvalue weighted by Crippen LogP contribution is 2.21. The van der Waals surface area contributed by atoms with Crippen LogP contribution in [0.15, 0.2) is 59.2 Å². The number of hydrogen-bond acceptors (Lipinski definition) is 6. The van der Waals surface area contributed by atoms with Gasteiger partial charge in [-0.05, 0) is 25.1 Å². The highest BCUT2D eigenvalue weighted by atomic mass is 32.2. The second kappa shape index (κ2) is 6.99. The fourth-order valence-corrected chi connectivity index (χ4v) is 3.63. The molecule has 0 aliphatic heterocycles. The van der Waals surface area contributed by atoms with E-state index in [1.165, 1.54) is 41.9 Å². The van der Waals surface area contributed by atoms with Crippen molar-refractivity contribution >= 4 is 38.1 Å². The zero-order valence-corrected chi connectivity index (χ0v) is 14.8. The van der Waals surface area contributed by atoms with Crippen molar-refractivity contribution in [1.82, 2.24) is 9.97 Å². The van der Waals surface area contributed by atoms with Crippen molar-refractivity contribution in [2.24, 2.45) is 0 Å². The van der Waals surface area contributed by atoms with Crippen molar-refractivity contribution in [3.8, 4) is 0 Å². The number of thiazole rings is 1. The SMILES string of the molecule is Cc1ccc(S(=O)(=O)Nc2cnccc2C(=O)Nc2nccs2)cc1. The number of aryl methyl sites for hydroxylation is 1. The first-order chi connectivity index (χ1) is 12.0. The molecule has 1 amide bonds. The summed E-state index contributed by atoms with van der Waals surface area (Å²) in [4.78, 5) is 20.4. The second-order valence-corrected chi connectivity index (χ2v) is 7.71. The van der Waals surface area contributed by atoms with Crippen molar-refractivity contribution < 1.29 is 13.2 Å². The van der Waals surface area contributed by atoms with Gasteiger partial charge in [0.2, 0.25) is 0 Å². The van der Waals surface area contributed by atoms with Gasteiger partial charge in [0, 0.05) is 17.8 Å². The Hall–Kier alpha value is -2.78. The third kappa shape index (κ3) is 4.01. The van der Waals surface area contributed by atoms with Gasteiger partial charge < -0.3 is 0 Å². The summed E-state index contributed by atoms with van der Waals surface area (Å²) in [6.45, 7) is 1.87. The van der Waals surface area contributed by atoms with E-state index in [-0.39, 0.29) is 16.1 Å². The summed E-state index contributed by atoms with van der Waals surface area (Å²) < 4.78 is 27.5. The van der Waals surface area contributed by atoms with E-state index in [4.69, 9.17) is 0 Å². The fourth-order valence-electron chi connectivity index (χ4n) is 2.04. The summed E-state index contributed by atoms with van der Waals surface area (Å²) in [5.41, 5.74) is 1.20. The Morgan fingerprint density at radius 2 is 1.88 bits per heavy atom. The van der Waals surface area contributed by atoms with Crippen molar-refractivity contribution in [3.05, 3.63) is 65.4 Å². The highest BCUT2D eigenvalue weighted by Gasteiger charge is 2.19. The van der Waals surface area contributed by atoms with Crippen molar-refractivity contribution in [2.45, 2.75) is 11.8 Å². The first-order valence-corrected chi connectivity index (χ1v) is 9.56. The predicted molar refractivity (Wildman–Crippen MR) is 96.3 cm³/mol. The number of nitrogens with one attached hydrogen (secondary N) is 2. The molecule has 0 aliphatic rings. The van der Waals surface area contributed by atoms with E-state index in [1.807, 2.05) is 6.92 Å². The molecule has 0 radical (unpaired) electrons. The Bertz CT molecular complexity index is 984. The molecule has 0 aliphatic carbocycles. The van der Waals surface area contributed by atoms with Gasteiger partial charge in [0.15, 0.2) is 5.13 Å². The number of pyridine rings is 1. The van der Waals surface area contributed by atoms with Gasteiger partial charge in [0.25, 0.3) is 15.9 Å². The zero-order chi connectivity index (χ0) is 17.9. The van der Waals surface area contributed by atoms with Gasteiger partial charge in [-0.2, -0.15) is 0 Å². The molecule has 0 spiro atoms. The number of carbonyl (C=O) groups is 1. The minimum atomic E-state index is -3.83. The van der Waals surface area contributed by atoms with Crippen LogP contribution in [0, 0.1) is 6.92 Å². The first kappa shape index (κ1) is 17.1. The van der Waals surface area contributed by atoms with Crippen LogP contribution >= 0.6 is 11.3 Å². The summed E-state index contributed by atoms with van der Waals surface area (Å²) >= 11 is 1.27. The molecule has 0 saturated heterocycles. The molecule has 9 heteroatoms. The van der Waals surface area contributed by atoms with Crippen LogP contribution in [0.25, 0.3) is 0 Å². The molecule has 3 aromatic rings. The largest absolute Gasteiger partial charge is 0.298 e. The summed E-state index contributed by atoms with van der Waals surface area (Å²) in [5, 5.41) is 4.77. The number of hydrogen-bond donors (Lipinski definition) is 2. The number of benzene rings is 1. The van der Waals surface area contributed by atoms with Gasteiger partial charge >= 0.3 is 0 Å². The average Bonchev–Trinajstić information content (AvgIpc) is 3.08. The molecule has 2 aromatic heterocycles. The van der Waals surface area contributed by atoms with Crippen molar-refractivity contribution in [1.29, 1.82) is 0 Å². The molecule has 1 aromatic carbocycles. The van der Waals surface area contributed by atoms with E-state index in [0.717, 1.165) is 5.56 Å². The van der Waals surface area contributed by atoms with Gasteiger partial charge in [-0.3, -0.25) is 19.8 Å². The molecule has 0 saturated carbocycles. The Labute approximate surface area is 148 Å².